The van der Waals surface area contributed by atoms with Gasteiger partial charge >= 0.3 is 5.97 Å². The minimum atomic E-state index is -1.59. The highest BCUT2D eigenvalue weighted by Crippen LogP contribution is 2.26. The molecule has 1 amide bonds. The molecule has 32 heavy (non-hydrogen) atoms. The van der Waals surface area contributed by atoms with Crippen molar-refractivity contribution in [3.63, 3.8) is 0 Å². The van der Waals surface area contributed by atoms with Crippen LogP contribution < -0.4 is 16.0 Å². The molecule has 0 radical (unpaired) electrons. The predicted molar refractivity (Wildman–Crippen MR) is 120 cm³/mol. The molecular formula is C22H25N3O6S. The second kappa shape index (κ2) is 10.0. The number of thiol groups is 1. The number of phenols is 2. The molecule has 10 heteroatoms. The van der Waals surface area contributed by atoms with E-state index < -0.39 is 34.6 Å². The molecule has 0 bridgehead atoms. The van der Waals surface area contributed by atoms with Gasteiger partial charge in [-0.1, -0.05) is 24.3 Å². The number of carboxylic acids is 1. The van der Waals surface area contributed by atoms with E-state index in [1.54, 1.807) is 24.3 Å². The van der Waals surface area contributed by atoms with Gasteiger partial charge in [0.2, 0.25) is 5.91 Å². The summed E-state index contributed by atoms with van der Waals surface area (Å²) in [5.41, 5.74) is -0.453. The van der Waals surface area contributed by atoms with Gasteiger partial charge in [0.25, 0.3) is 0 Å². The van der Waals surface area contributed by atoms with Gasteiger partial charge in [0.15, 0.2) is 11.4 Å². The number of aliphatic carboxylic acids is 1. The Morgan fingerprint density at radius 2 is 1.84 bits per heavy atom. The fourth-order valence-electron chi connectivity index (χ4n) is 3.60. The second-order valence-corrected chi connectivity index (χ2v) is 8.20. The Morgan fingerprint density at radius 3 is 2.50 bits per heavy atom. The van der Waals surface area contributed by atoms with Gasteiger partial charge in [-0.15, -0.1) is 0 Å². The van der Waals surface area contributed by atoms with E-state index in [1.165, 1.54) is 24.3 Å². The maximum absolute atomic E-state index is 13.3. The average molecular weight is 460 g/mol. The summed E-state index contributed by atoms with van der Waals surface area (Å²) in [4.78, 5) is 37.3. The summed E-state index contributed by atoms with van der Waals surface area (Å²) in [7, 11) is 0. The van der Waals surface area contributed by atoms with E-state index in [1.807, 2.05) is 0 Å². The van der Waals surface area contributed by atoms with Crippen molar-refractivity contribution in [3.8, 4) is 11.5 Å². The van der Waals surface area contributed by atoms with E-state index in [0.29, 0.717) is 12.0 Å². The van der Waals surface area contributed by atoms with Crippen LogP contribution in [0.15, 0.2) is 48.5 Å². The average Bonchev–Trinajstić information content (AvgIpc) is 2.78. The first kappa shape index (κ1) is 23.6. The molecule has 170 valence electrons. The third-order valence-corrected chi connectivity index (χ3v) is 5.72. The molecule has 0 aromatic heterocycles. The highest BCUT2D eigenvalue weighted by Gasteiger charge is 2.45. The third kappa shape index (κ3) is 5.39. The van der Waals surface area contributed by atoms with E-state index >= 15 is 0 Å². The SMILES string of the molecule is O=C(NCC(=O)C1(c2cccc(O)c2)NCCC(C(=O)O)N1)C(S)Cc1ccc(O)cc1. The molecule has 9 nitrogen and oxygen atoms in total. The number of hydrogen-bond donors (Lipinski definition) is 7. The maximum Gasteiger partial charge on any atom is 0.320 e. The van der Waals surface area contributed by atoms with Crippen LogP contribution in [0, 0.1) is 0 Å². The summed E-state index contributed by atoms with van der Waals surface area (Å²) < 4.78 is 0. The number of rotatable bonds is 8. The first-order valence-corrected chi connectivity index (χ1v) is 10.5. The summed E-state index contributed by atoms with van der Waals surface area (Å²) in [5, 5.41) is 36.4. The van der Waals surface area contributed by atoms with Gasteiger partial charge in [0.1, 0.15) is 17.5 Å². The summed E-state index contributed by atoms with van der Waals surface area (Å²) in [5.74, 6) is -2.04. The summed E-state index contributed by atoms with van der Waals surface area (Å²) in [6.07, 6.45) is 0.555. The number of Topliss-reactive ketones (excluding diaryl/α,β-unsaturated/α-hetero) is 1. The van der Waals surface area contributed by atoms with E-state index in [2.05, 4.69) is 28.6 Å². The van der Waals surface area contributed by atoms with E-state index in [9.17, 15) is 29.7 Å². The lowest BCUT2D eigenvalue weighted by molar-refractivity contribution is -0.143. The topological polar surface area (TPSA) is 148 Å². The highest BCUT2D eigenvalue weighted by atomic mass is 32.1. The standard InChI is InChI=1S/C22H25N3O6S/c26-15-6-4-13(5-7-15)10-18(32)20(29)23-12-19(28)22(14-2-1-3-16(27)11-14)24-9-8-17(25-22)21(30)31/h1-7,11,17-18,24-27,32H,8-10,12H2,(H,23,29)(H,30,31). The van der Waals surface area contributed by atoms with Crippen LogP contribution in [0.2, 0.25) is 0 Å². The van der Waals surface area contributed by atoms with Crippen molar-refractivity contribution in [1.82, 2.24) is 16.0 Å². The monoisotopic (exact) mass is 459 g/mol. The zero-order valence-corrected chi connectivity index (χ0v) is 18.0. The number of carbonyl (C=O) groups excluding carboxylic acids is 2. The van der Waals surface area contributed by atoms with Crippen molar-refractivity contribution < 1.29 is 29.7 Å². The molecule has 1 aliphatic heterocycles. The molecule has 2 aromatic carbocycles. The lowest BCUT2D eigenvalue weighted by atomic mass is 9.90. The molecule has 3 atom stereocenters. The number of aromatic hydroxyl groups is 2. The highest BCUT2D eigenvalue weighted by molar-refractivity contribution is 7.81. The van der Waals surface area contributed by atoms with Gasteiger partial charge in [0.05, 0.1) is 11.8 Å². The fraction of sp³-hybridized carbons (Fsp3) is 0.318. The van der Waals surface area contributed by atoms with Crippen LogP contribution >= 0.6 is 12.6 Å². The number of ketones is 1. The van der Waals surface area contributed by atoms with Gasteiger partial charge in [-0.05, 0) is 54.8 Å². The van der Waals surface area contributed by atoms with Crippen LogP contribution in [-0.4, -0.2) is 57.4 Å². The molecule has 0 spiro atoms. The number of amides is 1. The van der Waals surface area contributed by atoms with Crippen LogP contribution in [0.5, 0.6) is 11.5 Å². The number of nitrogens with one attached hydrogen (secondary N) is 3. The summed E-state index contributed by atoms with van der Waals surface area (Å²) >= 11 is 4.31. The quantitative estimate of drug-likeness (QED) is 0.283. The van der Waals surface area contributed by atoms with Crippen molar-refractivity contribution in [1.29, 1.82) is 0 Å². The van der Waals surface area contributed by atoms with Gasteiger partial charge in [-0.2, -0.15) is 12.6 Å². The number of benzene rings is 2. The van der Waals surface area contributed by atoms with Crippen LogP contribution in [0.3, 0.4) is 0 Å². The lowest BCUT2D eigenvalue weighted by Crippen LogP contribution is -2.69. The summed E-state index contributed by atoms with van der Waals surface area (Å²) in [6, 6.07) is 11.3. The number of phenolic OH excluding ortho intramolecular Hbond substituents is 2. The van der Waals surface area contributed by atoms with Crippen LogP contribution in [0.4, 0.5) is 0 Å². The molecule has 2 aromatic rings. The van der Waals surface area contributed by atoms with Gasteiger partial charge in [0, 0.05) is 0 Å². The molecular weight excluding hydrogens is 434 g/mol. The molecule has 3 unspecified atom stereocenters. The Hall–Kier alpha value is -3.08. The number of carboxylic acid groups (broad SMARTS) is 1. The Kier molecular flexibility index (Phi) is 7.39. The molecule has 6 N–H and O–H groups in total. The number of hydrogen-bond acceptors (Lipinski definition) is 8. The zero-order chi connectivity index (χ0) is 23.3. The van der Waals surface area contributed by atoms with Crippen molar-refractivity contribution in [3.05, 3.63) is 59.7 Å². The molecule has 0 aliphatic carbocycles. The summed E-state index contributed by atoms with van der Waals surface area (Å²) in [6.45, 7) is -0.136. The van der Waals surface area contributed by atoms with Crippen LogP contribution in [0.25, 0.3) is 0 Å². The van der Waals surface area contributed by atoms with E-state index in [0.717, 1.165) is 5.56 Å². The second-order valence-electron chi connectivity index (χ2n) is 7.58. The minimum Gasteiger partial charge on any atom is -0.508 e. The molecule has 0 saturated carbocycles. The smallest absolute Gasteiger partial charge is 0.320 e. The molecule has 1 aliphatic rings. The van der Waals surface area contributed by atoms with Crippen LogP contribution in [-0.2, 0) is 26.5 Å². The van der Waals surface area contributed by atoms with Crippen LogP contribution in [0.1, 0.15) is 17.5 Å². The van der Waals surface area contributed by atoms with Gasteiger partial charge < -0.3 is 20.6 Å². The minimum absolute atomic E-state index is 0.0796. The Morgan fingerprint density at radius 1 is 1.12 bits per heavy atom. The maximum atomic E-state index is 13.3. The predicted octanol–water partition coefficient (Wildman–Crippen LogP) is 0.513. The van der Waals surface area contributed by atoms with Gasteiger partial charge in [-0.3, -0.25) is 25.0 Å². The Labute approximate surface area is 190 Å². The molecule has 1 fully saturated rings. The number of carbonyl (C=O) groups is 3. The van der Waals surface area contributed by atoms with Crippen molar-refractivity contribution in [2.45, 2.75) is 29.8 Å². The zero-order valence-electron chi connectivity index (χ0n) is 17.1. The van der Waals surface area contributed by atoms with E-state index in [-0.39, 0.29) is 31.0 Å². The normalized spacial score (nSPS) is 21.5. The first-order valence-electron chi connectivity index (χ1n) is 10.0. The molecule has 3 rings (SSSR count). The van der Waals surface area contributed by atoms with E-state index in [4.69, 9.17) is 0 Å². The largest absolute Gasteiger partial charge is 0.508 e. The Balaban J connectivity index is 1.73. The van der Waals surface area contributed by atoms with Crippen molar-refractivity contribution in [2.75, 3.05) is 13.1 Å². The third-order valence-electron chi connectivity index (χ3n) is 5.30. The molecule has 1 saturated heterocycles. The fourth-order valence-corrected chi connectivity index (χ4v) is 3.91. The molecule has 1 heterocycles. The van der Waals surface area contributed by atoms with Crippen molar-refractivity contribution in [2.24, 2.45) is 0 Å². The van der Waals surface area contributed by atoms with Gasteiger partial charge in [-0.25, -0.2) is 0 Å². The lowest BCUT2D eigenvalue weighted by Gasteiger charge is -2.41. The Bertz CT molecular complexity index is 999. The first-order chi connectivity index (χ1) is 15.2. The van der Waals surface area contributed by atoms with Crippen molar-refractivity contribution >= 4 is 30.3 Å².